The minimum Gasteiger partial charge on any atom is -0.480 e. The van der Waals surface area contributed by atoms with Crippen molar-refractivity contribution < 1.29 is 14.6 Å². The van der Waals surface area contributed by atoms with E-state index in [1.54, 1.807) is 14.2 Å². The largest absolute Gasteiger partial charge is 0.480 e. The van der Waals surface area contributed by atoms with Gasteiger partial charge in [-0.3, -0.25) is 0 Å². The van der Waals surface area contributed by atoms with Crippen LogP contribution in [0.4, 0.5) is 0 Å². The van der Waals surface area contributed by atoms with Gasteiger partial charge in [-0.1, -0.05) is 30.3 Å². The molecule has 0 saturated heterocycles. The lowest BCUT2D eigenvalue weighted by molar-refractivity contribution is -0.145. The second-order valence-electron chi connectivity index (χ2n) is 5.36. The maximum Gasteiger partial charge on any atom is 0.328 e. The number of hydrogen-bond acceptors (Lipinski definition) is 4. The number of carboxylic acids is 1. The first kappa shape index (κ1) is 17.6. The summed E-state index contributed by atoms with van der Waals surface area (Å²) >= 11 is 0. The highest BCUT2D eigenvalue weighted by molar-refractivity contribution is 5.80. The van der Waals surface area contributed by atoms with Gasteiger partial charge in [0.05, 0.1) is 6.61 Å². The second-order valence-corrected chi connectivity index (χ2v) is 5.36. The summed E-state index contributed by atoms with van der Waals surface area (Å²) in [6, 6.07) is 9.56. The summed E-state index contributed by atoms with van der Waals surface area (Å²) in [5, 5.41) is 12.7. The number of rotatable bonds is 9. The van der Waals surface area contributed by atoms with Crippen LogP contribution in [0.2, 0.25) is 0 Å². The maximum atomic E-state index is 11.9. The molecule has 2 unspecified atom stereocenters. The molecule has 21 heavy (non-hydrogen) atoms. The van der Waals surface area contributed by atoms with Crippen LogP contribution < -0.4 is 5.32 Å². The predicted molar refractivity (Wildman–Crippen MR) is 83.4 cm³/mol. The third-order valence-corrected chi connectivity index (χ3v) is 4.06. The predicted octanol–water partition coefficient (Wildman–Crippen LogP) is 1.54. The number of carboxylic acid groups (broad SMARTS) is 1. The molecular formula is C16H26N2O3. The van der Waals surface area contributed by atoms with Gasteiger partial charge in [0, 0.05) is 19.7 Å². The monoisotopic (exact) mass is 294 g/mol. The molecule has 0 aliphatic rings. The summed E-state index contributed by atoms with van der Waals surface area (Å²) in [6.45, 7) is 3.35. The quantitative estimate of drug-likeness (QED) is 0.723. The van der Waals surface area contributed by atoms with Crippen molar-refractivity contribution in [1.82, 2.24) is 10.2 Å². The third-order valence-electron chi connectivity index (χ3n) is 4.06. The highest BCUT2D eigenvalue weighted by Gasteiger charge is 2.38. The SMILES string of the molecule is CNC(CCN(C)C(C)COC)(C(=O)O)c1ccccc1. The van der Waals surface area contributed by atoms with Gasteiger partial charge in [0.1, 0.15) is 5.54 Å². The normalized spacial score (nSPS) is 15.7. The summed E-state index contributed by atoms with van der Waals surface area (Å²) in [4.78, 5) is 14.0. The molecule has 1 rings (SSSR count). The fraction of sp³-hybridized carbons (Fsp3) is 0.562. The van der Waals surface area contributed by atoms with E-state index in [1.165, 1.54) is 0 Å². The lowest BCUT2D eigenvalue weighted by atomic mass is 9.86. The zero-order chi connectivity index (χ0) is 15.9. The highest BCUT2D eigenvalue weighted by Crippen LogP contribution is 2.25. The van der Waals surface area contributed by atoms with E-state index in [1.807, 2.05) is 37.4 Å². The van der Waals surface area contributed by atoms with E-state index in [0.29, 0.717) is 19.6 Å². The van der Waals surface area contributed by atoms with Gasteiger partial charge in [0.2, 0.25) is 0 Å². The number of carbonyl (C=O) groups is 1. The van der Waals surface area contributed by atoms with E-state index in [-0.39, 0.29) is 6.04 Å². The van der Waals surface area contributed by atoms with Gasteiger partial charge >= 0.3 is 5.97 Å². The number of nitrogens with one attached hydrogen (secondary N) is 1. The third kappa shape index (κ3) is 4.27. The lowest BCUT2D eigenvalue weighted by Crippen LogP contribution is -2.50. The van der Waals surface area contributed by atoms with Crippen molar-refractivity contribution in [3.05, 3.63) is 35.9 Å². The highest BCUT2D eigenvalue weighted by atomic mass is 16.5. The minimum atomic E-state index is -1.07. The lowest BCUT2D eigenvalue weighted by Gasteiger charge is -2.33. The van der Waals surface area contributed by atoms with Gasteiger partial charge in [-0.15, -0.1) is 0 Å². The number of aliphatic carboxylic acids is 1. The molecule has 2 N–H and O–H groups in total. The fourth-order valence-electron chi connectivity index (χ4n) is 2.41. The van der Waals surface area contributed by atoms with Gasteiger partial charge in [-0.05, 0) is 33.0 Å². The molecule has 5 nitrogen and oxygen atoms in total. The van der Waals surface area contributed by atoms with Crippen molar-refractivity contribution in [1.29, 1.82) is 0 Å². The number of hydrogen-bond donors (Lipinski definition) is 2. The Bertz CT molecular complexity index is 438. The first-order valence-corrected chi connectivity index (χ1v) is 7.15. The number of nitrogens with zero attached hydrogens (tertiary/aromatic N) is 1. The van der Waals surface area contributed by atoms with Gasteiger partial charge in [0.25, 0.3) is 0 Å². The Balaban J connectivity index is 2.88. The molecule has 0 fully saturated rings. The van der Waals surface area contributed by atoms with Crippen LogP contribution in [-0.2, 0) is 15.1 Å². The molecule has 0 aliphatic heterocycles. The first-order chi connectivity index (χ1) is 9.97. The van der Waals surface area contributed by atoms with Crippen LogP contribution in [0, 0.1) is 0 Å². The Kier molecular flexibility index (Phi) is 6.81. The molecule has 2 atom stereocenters. The van der Waals surface area contributed by atoms with Crippen LogP contribution >= 0.6 is 0 Å². The van der Waals surface area contributed by atoms with Crippen LogP contribution in [0.3, 0.4) is 0 Å². The summed E-state index contributed by atoms with van der Waals surface area (Å²) in [5.74, 6) is -0.857. The van der Waals surface area contributed by atoms with E-state index in [9.17, 15) is 9.90 Å². The molecule has 1 aromatic rings. The van der Waals surface area contributed by atoms with Gasteiger partial charge < -0.3 is 20.1 Å². The van der Waals surface area contributed by atoms with E-state index in [0.717, 1.165) is 5.56 Å². The molecule has 0 aliphatic carbocycles. The minimum absolute atomic E-state index is 0.245. The summed E-state index contributed by atoms with van der Waals surface area (Å²) in [7, 11) is 5.35. The van der Waals surface area contributed by atoms with Crippen molar-refractivity contribution in [2.75, 3.05) is 34.4 Å². The first-order valence-electron chi connectivity index (χ1n) is 7.15. The number of methoxy groups -OCH3 is 1. The fourth-order valence-corrected chi connectivity index (χ4v) is 2.41. The molecule has 0 heterocycles. The summed E-state index contributed by atoms with van der Waals surface area (Å²) in [5.41, 5.74) is -0.296. The smallest absolute Gasteiger partial charge is 0.328 e. The molecule has 0 saturated carbocycles. The van der Waals surface area contributed by atoms with E-state index < -0.39 is 11.5 Å². The van der Waals surface area contributed by atoms with Crippen LogP contribution in [0.1, 0.15) is 18.9 Å². The van der Waals surface area contributed by atoms with E-state index in [2.05, 4.69) is 17.1 Å². The van der Waals surface area contributed by atoms with Gasteiger partial charge in [0.15, 0.2) is 0 Å². The van der Waals surface area contributed by atoms with Crippen LogP contribution in [0.5, 0.6) is 0 Å². The molecule has 0 spiro atoms. The van der Waals surface area contributed by atoms with E-state index >= 15 is 0 Å². The van der Waals surface area contributed by atoms with Crippen molar-refractivity contribution in [2.24, 2.45) is 0 Å². The molecule has 1 aromatic carbocycles. The van der Waals surface area contributed by atoms with Crippen LogP contribution in [0.15, 0.2) is 30.3 Å². The molecule has 0 bridgehead atoms. The molecule has 118 valence electrons. The van der Waals surface area contributed by atoms with Gasteiger partial charge in [-0.25, -0.2) is 4.79 Å². The number of likely N-dealkylation sites (N-methyl/N-ethyl adjacent to an activating group) is 2. The Morgan fingerprint density at radius 2 is 2.05 bits per heavy atom. The van der Waals surface area contributed by atoms with Crippen molar-refractivity contribution in [2.45, 2.75) is 24.9 Å². The van der Waals surface area contributed by atoms with Crippen molar-refractivity contribution >= 4 is 5.97 Å². The molecule has 0 radical (unpaired) electrons. The summed E-state index contributed by atoms with van der Waals surface area (Å²) < 4.78 is 5.14. The van der Waals surface area contributed by atoms with Crippen molar-refractivity contribution in [3.8, 4) is 0 Å². The maximum absolute atomic E-state index is 11.9. The Morgan fingerprint density at radius 3 is 2.52 bits per heavy atom. The zero-order valence-corrected chi connectivity index (χ0v) is 13.3. The average molecular weight is 294 g/mol. The van der Waals surface area contributed by atoms with E-state index in [4.69, 9.17) is 4.74 Å². The van der Waals surface area contributed by atoms with Gasteiger partial charge in [-0.2, -0.15) is 0 Å². The molecule has 0 amide bonds. The standard InChI is InChI=1S/C16H26N2O3/c1-13(12-21-4)18(3)11-10-16(17-2,15(19)20)14-8-6-5-7-9-14/h5-9,13,17H,10-12H2,1-4H3,(H,19,20). The van der Waals surface area contributed by atoms with Crippen LogP contribution in [-0.4, -0.2) is 56.4 Å². The summed E-state index contributed by atoms with van der Waals surface area (Å²) in [6.07, 6.45) is 0.480. The Labute approximate surface area is 126 Å². The number of benzene rings is 1. The second kappa shape index (κ2) is 8.12. The van der Waals surface area contributed by atoms with Crippen LogP contribution in [0.25, 0.3) is 0 Å². The Morgan fingerprint density at radius 1 is 1.43 bits per heavy atom. The topological polar surface area (TPSA) is 61.8 Å². The number of ether oxygens (including phenoxy) is 1. The molecule has 0 aromatic heterocycles. The van der Waals surface area contributed by atoms with Crippen molar-refractivity contribution in [3.63, 3.8) is 0 Å². The molecule has 5 heteroatoms. The zero-order valence-electron chi connectivity index (χ0n) is 13.3. The molecular weight excluding hydrogens is 268 g/mol. The Hall–Kier alpha value is -1.43. The average Bonchev–Trinajstić information content (AvgIpc) is 2.49.